The van der Waals surface area contributed by atoms with Gasteiger partial charge in [0.1, 0.15) is 23.5 Å². The van der Waals surface area contributed by atoms with Crippen molar-refractivity contribution < 1.29 is 23.1 Å². The van der Waals surface area contributed by atoms with E-state index < -0.39 is 17.5 Å². The summed E-state index contributed by atoms with van der Waals surface area (Å²) in [5.41, 5.74) is -0.0256. The van der Waals surface area contributed by atoms with Crippen molar-refractivity contribution in [1.29, 1.82) is 5.26 Å². The molecule has 0 radical (unpaired) electrons. The number of oxazole rings is 1. The maximum Gasteiger partial charge on any atom is 0.254 e. The standard InChI is InChI=1S/C18H11F2N3O3/c19-14-3-10(1-2-11(14)6-21)7-23-18(25)12-5-16(24)13(4-15(12)20)17-8-22-9-26-17/h1-5,8-9,24H,7H2,(H,23,25). The first kappa shape index (κ1) is 17.1. The number of aromatic hydroxyl groups is 1. The van der Waals surface area contributed by atoms with Gasteiger partial charge in [0.05, 0.1) is 22.9 Å². The van der Waals surface area contributed by atoms with Crippen LogP contribution in [0.15, 0.2) is 47.3 Å². The normalized spacial score (nSPS) is 10.3. The minimum atomic E-state index is -0.863. The van der Waals surface area contributed by atoms with Crippen LogP contribution >= 0.6 is 0 Å². The van der Waals surface area contributed by atoms with Crippen LogP contribution in [-0.4, -0.2) is 16.0 Å². The summed E-state index contributed by atoms with van der Waals surface area (Å²) in [5, 5.41) is 21.1. The Morgan fingerprint density at radius 1 is 1.27 bits per heavy atom. The highest BCUT2D eigenvalue weighted by atomic mass is 19.1. The lowest BCUT2D eigenvalue weighted by Crippen LogP contribution is -2.24. The molecule has 6 nitrogen and oxygen atoms in total. The van der Waals surface area contributed by atoms with Gasteiger partial charge in [0.2, 0.25) is 0 Å². The predicted molar refractivity (Wildman–Crippen MR) is 85.8 cm³/mol. The van der Waals surface area contributed by atoms with Gasteiger partial charge in [-0.3, -0.25) is 4.79 Å². The van der Waals surface area contributed by atoms with Gasteiger partial charge in [-0.1, -0.05) is 6.07 Å². The number of nitrogens with one attached hydrogen (secondary N) is 1. The van der Waals surface area contributed by atoms with Crippen LogP contribution in [0.25, 0.3) is 11.3 Å². The SMILES string of the molecule is N#Cc1ccc(CNC(=O)c2cc(O)c(-c3cnco3)cc2F)cc1F. The molecule has 2 aromatic carbocycles. The summed E-state index contributed by atoms with van der Waals surface area (Å²) in [4.78, 5) is 15.8. The maximum atomic E-state index is 14.2. The fourth-order valence-electron chi connectivity index (χ4n) is 2.32. The zero-order chi connectivity index (χ0) is 18.7. The van der Waals surface area contributed by atoms with E-state index in [4.69, 9.17) is 9.68 Å². The monoisotopic (exact) mass is 355 g/mol. The molecule has 0 spiro atoms. The number of benzene rings is 2. The zero-order valence-electron chi connectivity index (χ0n) is 13.2. The lowest BCUT2D eigenvalue weighted by molar-refractivity contribution is 0.0946. The number of hydrogen-bond donors (Lipinski definition) is 2. The van der Waals surface area contributed by atoms with Gasteiger partial charge in [0.25, 0.3) is 5.91 Å². The van der Waals surface area contributed by atoms with Gasteiger partial charge >= 0.3 is 0 Å². The van der Waals surface area contributed by atoms with Crippen LogP contribution in [-0.2, 0) is 6.54 Å². The molecule has 3 aromatic rings. The zero-order valence-corrected chi connectivity index (χ0v) is 13.2. The third kappa shape index (κ3) is 3.37. The summed E-state index contributed by atoms with van der Waals surface area (Å²) >= 11 is 0. The highest BCUT2D eigenvalue weighted by Gasteiger charge is 2.18. The molecule has 1 aromatic heterocycles. The van der Waals surface area contributed by atoms with E-state index in [-0.39, 0.29) is 34.7 Å². The second kappa shape index (κ2) is 7.03. The lowest BCUT2D eigenvalue weighted by atomic mass is 10.1. The summed E-state index contributed by atoms with van der Waals surface area (Å²) < 4.78 is 32.8. The Bertz CT molecular complexity index is 1010. The predicted octanol–water partition coefficient (Wildman–Crippen LogP) is 3.13. The summed E-state index contributed by atoms with van der Waals surface area (Å²) in [6, 6.07) is 7.50. The Labute approximate surface area is 146 Å². The minimum Gasteiger partial charge on any atom is -0.507 e. The molecule has 130 valence electrons. The average Bonchev–Trinajstić information content (AvgIpc) is 3.15. The largest absolute Gasteiger partial charge is 0.507 e. The number of carbonyl (C=O) groups is 1. The Hall–Kier alpha value is -3.73. The quantitative estimate of drug-likeness (QED) is 0.749. The van der Waals surface area contributed by atoms with Crippen LogP contribution in [0.1, 0.15) is 21.5 Å². The summed E-state index contributed by atoms with van der Waals surface area (Å²) in [6.45, 7) is -0.0779. The number of phenolic OH excluding ortho intramolecular Hbond substituents is 1. The molecule has 0 saturated heterocycles. The van der Waals surface area contributed by atoms with E-state index >= 15 is 0 Å². The highest BCUT2D eigenvalue weighted by molar-refractivity contribution is 5.95. The van der Waals surface area contributed by atoms with Gasteiger partial charge in [0, 0.05) is 6.54 Å². The van der Waals surface area contributed by atoms with Crippen LogP contribution < -0.4 is 5.32 Å². The van der Waals surface area contributed by atoms with Crippen LogP contribution in [0.3, 0.4) is 0 Å². The van der Waals surface area contributed by atoms with E-state index in [9.17, 15) is 18.7 Å². The van der Waals surface area contributed by atoms with Gasteiger partial charge in [-0.2, -0.15) is 5.26 Å². The molecule has 0 atom stereocenters. The molecule has 2 N–H and O–H groups in total. The van der Waals surface area contributed by atoms with Crippen molar-refractivity contribution in [2.75, 3.05) is 0 Å². The molecule has 3 rings (SSSR count). The Kier molecular flexibility index (Phi) is 4.62. The molecule has 1 amide bonds. The number of aromatic nitrogens is 1. The highest BCUT2D eigenvalue weighted by Crippen LogP contribution is 2.31. The van der Waals surface area contributed by atoms with Gasteiger partial charge < -0.3 is 14.8 Å². The van der Waals surface area contributed by atoms with Crippen molar-refractivity contribution in [1.82, 2.24) is 10.3 Å². The van der Waals surface area contributed by atoms with Gasteiger partial charge in [0.15, 0.2) is 12.2 Å². The molecule has 1 heterocycles. The molecule has 0 aliphatic carbocycles. The van der Waals surface area contributed by atoms with Crippen molar-refractivity contribution >= 4 is 5.91 Å². The van der Waals surface area contributed by atoms with Gasteiger partial charge in [-0.15, -0.1) is 0 Å². The molecule has 26 heavy (non-hydrogen) atoms. The van der Waals surface area contributed by atoms with Crippen molar-refractivity contribution in [2.45, 2.75) is 6.54 Å². The number of carbonyl (C=O) groups excluding carboxylic acids is 1. The molecule has 0 aliphatic rings. The van der Waals surface area contributed by atoms with Crippen molar-refractivity contribution in [3.8, 4) is 23.1 Å². The Balaban J connectivity index is 1.77. The van der Waals surface area contributed by atoms with Crippen LogP contribution in [0, 0.1) is 23.0 Å². The molecular formula is C18H11F2N3O3. The number of phenols is 1. The number of amides is 1. The van der Waals surface area contributed by atoms with E-state index in [1.165, 1.54) is 18.3 Å². The second-order valence-electron chi connectivity index (χ2n) is 5.32. The number of nitriles is 1. The van der Waals surface area contributed by atoms with E-state index in [0.717, 1.165) is 24.6 Å². The van der Waals surface area contributed by atoms with E-state index in [1.54, 1.807) is 6.07 Å². The summed E-state index contributed by atoms with van der Waals surface area (Å²) in [6.07, 6.45) is 2.43. The van der Waals surface area contributed by atoms with E-state index in [1.807, 2.05) is 0 Å². The fraction of sp³-hybridized carbons (Fsp3) is 0.0556. The smallest absolute Gasteiger partial charge is 0.254 e. The number of halogens is 2. The molecule has 0 unspecified atom stereocenters. The van der Waals surface area contributed by atoms with Gasteiger partial charge in [-0.05, 0) is 29.8 Å². The maximum absolute atomic E-state index is 14.2. The van der Waals surface area contributed by atoms with Gasteiger partial charge in [-0.25, -0.2) is 13.8 Å². The third-order valence-electron chi connectivity index (χ3n) is 3.63. The number of rotatable bonds is 4. The Morgan fingerprint density at radius 2 is 2.08 bits per heavy atom. The first-order valence-corrected chi connectivity index (χ1v) is 7.37. The second-order valence-corrected chi connectivity index (χ2v) is 5.32. The molecule has 0 aliphatic heterocycles. The first-order valence-electron chi connectivity index (χ1n) is 7.37. The molecular weight excluding hydrogens is 344 g/mol. The average molecular weight is 355 g/mol. The van der Waals surface area contributed by atoms with E-state index in [0.29, 0.717) is 5.56 Å². The molecule has 8 heteroatoms. The van der Waals surface area contributed by atoms with Crippen molar-refractivity contribution in [3.63, 3.8) is 0 Å². The fourth-order valence-corrected chi connectivity index (χ4v) is 2.32. The molecule has 0 fully saturated rings. The minimum absolute atomic E-state index is 0.0608. The van der Waals surface area contributed by atoms with Crippen LogP contribution in [0.5, 0.6) is 5.75 Å². The molecule has 0 saturated carbocycles. The van der Waals surface area contributed by atoms with Crippen molar-refractivity contribution in [3.05, 3.63) is 71.2 Å². The van der Waals surface area contributed by atoms with Crippen LogP contribution in [0.2, 0.25) is 0 Å². The summed E-state index contributed by atoms with van der Waals surface area (Å²) in [7, 11) is 0. The summed E-state index contributed by atoms with van der Waals surface area (Å²) in [5.74, 6) is -2.55. The lowest BCUT2D eigenvalue weighted by Gasteiger charge is -2.09. The van der Waals surface area contributed by atoms with E-state index in [2.05, 4.69) is 10.3 Å². The number of hydrogen-bond acceptors (Lipinski definition) is 5. The number of nitrogens with zero attached hydrogens (tertiary/aromatic N) is 2. The van der Waals surface area contributed by atoms with Crippen molar-refractivity contribution in [2.24, 2.45) is 0 Å². The molecule has 0 bridgehead atoms. The third-order valence-corrected chi connectivity index (χ3v) is 3.63. The Morgan fingerprint density at radius 3 is 2.73 bits per heavy atom. The first-order chi connectivity index (χ1) is 12.5. The van der Waals surface area contributed by atoms with Crippen LogP contribution in [0.4, 0.5) is 8.78 Å². The topological polar surface area (TPSA) is 99.2 Å².